The lowest BCUT2D eigenvalue weighted by Gasteiger charge is -2.24. The molecule has 1 amide bonds. The van der Waals surface area contributed by atoms with E-state index in [9.17, 15) is 14.7 Å². The number of aliphatic hydroxyl groups is 1. The van der Waals surface area contributed by atoms with Crippen LogP contribution in [0.2, 0.25) is 5.02 Å². The van der Waals surface area contributed by atoms with E-state index >= 15 is 0 Å². The summed E-state index contributed by atoms with van der Waals surface area (Å²) in [5.74, 6) is -1.11. The predicted octanol–water partition coefficient (Wildman–Crippen LogP) is 7.82. The second kappa shape index (κ2) is 12.2. The Labute approximate surface area is 279 Å². The minimum atomic E-state index is -1.04. The summed E-state index contributed by atoms with van der Waals surface area (Å²) in [6.07, 6.45) is 1.84. The Balaban J connectivity index is 1.40. The molecule has 1 unspecified atom stereocenters. The van der Waals surface area contributed by atoms with Gasteiger partial charge in [0.15, 0.2) is 22.4 Å². The number of nitrogens with zero attached hydrogens (tertiary/aromatic N) is 4. The summed E-state index contributed by atoms with van der Waals surface area (Å²) in [5.41, 5.74) is 4.41. The Hall–Kier alpha value is -5.19. The van der Waals surface area contributed by atoms with Gasteiger partial charge >= 0.3 is 5.91 Å². The van der Waals surface area contributed by atoms with E-state index < -0.39 is 17.7 Å². The zero-order chi connectivity index (χ0) is 32.8. The van der Waals surface area contributed by atoms with Crippen molar-refractivity contribution in [3.8, 4) is 11.5 Å². The summed E-state index contributed by atoms with van der Waals surface area (Å²) < 4.78 is 14.7. The van der Waals surface area contributed by atoms with Gasteiger partial charge < -0.3 is 19.0 Å². The van der Waals surface area contributed by atoms with Crippen LogP contribution in [0.3, 0.4) is 0 Å². The monoisotopic (exact) mass is 664 g/mol. The minimum absolute atomic E-state index is 0.100. The molecule has 1 N–H and O–H groups in total. The molecule has 1 saturated heterocycles. The molecule has 4 heterocycles. The Morgan fingerprint density at radius 1 is 0.957 bits per heavy atom. The Morgan fingerprint density at radius 3 is 2.53 bits per heavy atom. The molecule has 0 bridgehead atoms. The number of thiazole rings is 1. The molecule has 11 heteroatoms. The van der Waals surface area contributed by atoms with Gasteiger partial charge in [0.2, 0.25) is 0 Å². The number of amides is 1. The van der Waals surface area contributed by atoms with Crippen LogP contribution >= 0.6 is 22.9 Å². The van der Waals surface area contributed by atoms with Crippen molar-refractivity contribution in [2.45, 2.75) is 33.4 Å². The van der Waals surface area contributed by atoms with Gasteiger partial charge in [-0.25, -0.2) is 9.97 Å². The number of rotatable bonds is 8. The first-order valence-electron chi connectivity index (χ1n) is 15.0. The topological polar surface area (TPSA) is 106 Å². The summed E-state index contributed by atoms with van der Waals surface area (Å²) in [6, 6.07) is 23.0. The number of hydrogen-bond donors (Lipinski definition) is 1. The van der Waals surface area contributed by atoms with E-state index in [1.165, 1.54) is 16.2 Å². The van der Waals surface area contributed by atoms with Gasteiger partial charge in [-0.15, -0.1) is 0 Å². The van der Waals surface area contributed by atoms with Crippen molar-refractivity contribution in [3.63, 3.8) is 0 Å². The summed E-state index contributed by atoms with van der Waals surface area (Å²) in [4.78, 5) is 38.6. The van der Waals surface area contributed by atoms with Crippen LogP contribution in [0.1, 0.15) is 41.0 Å². The number of benzene rings is 3. The number of halogens is 1. The quantitative estimate of drug-likeness (QED) is 0.100. The molecule has 1 atom stereocenters. The average Bonchev–Trinajstić information content (AvgIpc) is 3.72. The average molecular weight is 665 g/mol. The molecule has 3 aromatic heterocycles. The van der Waals surface area contributed by atoms with E-state index in [-0.39, 0.29) is 17.0 Å². The fourth-order valence-corrected chi connectivity index (χ4v) is 7.09. The maximum absolute atomic E-state index is 13.9. The van der Waals surface area contributed by atoms with Gasteiger partial charge in [-0.05, 0) is 73.9 Å². The van der Waals surface area contributed by atoms with E-state index in [4.69, 9.17) is 31.0 Å². The summed E-state index contributed by atoms with van der Waals surface area (Å²) in [5, 5.41) is 12.7. The van der Waals surface area contributed by atoms with Crippen LogP contribution in [0.15, 0.2) is 90.6 Å². The van der Waals surface area contributed by atoms with Crippen molar-refractivity contribution >= 4 is 61.4 Å². The van der Waals surface area contributed by atoms with Crippen molar-refractivity contribution in [2.24, 2.45) is 0 Å². The molecule has 3 aromatic carbocycles. The number of pyridine rings is 1. The molecule has 7 rings (SSSR count). The zero-order valence-corrected chi connectivity index (χ0v) is 27.3. The van der Waals surface area contributed by atoms with E-state index in [1.54, 1.807) is 36.4 Å². The number of carbonyl (C=O) groups excluding carboxylic acids is 2. The third-order valence-electron chi connectivity index (χ3n) is 8.12. The lowest BCUT2D eigenvalue weighted by molar-refractivity contribution is -0.132. The fourth-order valence-electron chi connectivity index (χ4n) is 5.83. The predicted molar refractivity (Wildman–Crippen MR) is 182 cm³/mol. The van der Waals surface area contributed by atoms with Gasteiger partial charge in [-0.2, -0.15) is 0 Å². The van der Waals surface area contributed by atoms with Crippen LogP contribution < -0.4 is 14.4 Å². The second-order valence-electron chi connectivity index (χ2n) is 11.1. The lowest BCUT2D eigenvalue weighted by Crippen LogP contribution is -2.29. The third kappa shape index (κ3) is 5.39. The molecule has 1 aliphatic rings. The first kappa shape index (κ1) is 30.5. The first-order chi connectivity index (χ1) is 22.7. The highest BCUT2D eigenvalue weighted by molar-refractivity contribution is 7.22. The van der Waals surface area contributed by atoms with Gasteiger partial charge in [0.1, 0.15) is 17.9 Å². The SMILES string of the molecule is CCOc1cc(C2/C(=C(\O)c3nc4c(C)cccn4c3C)C(=O)C(=O)N2c2nc3ccc(Cl)cc3s2)ccc1OCc1ccccc1. The van der Waals surface area contributed by atoms with Gasteiger partial charge in [-0.1, -0.05) is 65.4 Å². The Kier molecular flexibility index (Phi) is 7.91. The fraction of sp³-hybridized carbons (Fsp3) is 0.167. The normalized spacial score (nSPS) is 16.0. The highest BCUT2D eigenvalue weighted by Gasteiger charge is 2.49. The van der Waals surface area contributed by atoms with Gasteiger partial charge in [0.05, 0.1) is 34.1 Å². The maximum atomic E-state index is 13.9. The van der Waals surface area contributed by atoms with Crippen molar-refractivity contribution in [2.75, 3.05) is 11.5 Å². The summed E-state index contributed by atoms with van der Waals surface area (Å²) in [7, 11) is 0. The molecule has 0 saturated carbocycles. The van der Waals surface area contributed by atoms with Crippen molar-refractivity contribution in [3.05, 3.63) is 124 Å². The van der Waals surface area contributed by atoms with Crippen LogP contribution in [0.25, 0.3) is 21.6 Å². The Bertz CT molecular complexity index is 2230. The van der Waals surface area contributed by atoms with Gasteiger partial charge in [0.25, 0.3) is 5.78 Å². The van der Waals surface area contributed by atoms with Crippen molar-refractivity contribution in [1.29, 1.82) is 0 Å². The van der Waals surface area contributed by atoms with Crippen LogP contribution in [-0.2, 0) is 16.2 Å². The molecular formula is C36H29ClN4O5S. The van der Waals surface area contributed by atoms with Crippen LogP contribution in [-0.4, -0.2) is 37.8 Å². The van der Waals surface area contributed by atoms with E-state index in [0.29, 0.717) is 57.3 Å². The number of aryl methyl sites for hydroxylation is 2. The largest absolute Gasteiger partial charge is 0.505 e. The van der Waals surface area contributed by atoms with Crippen LogP contribution in [0.4, 0.5) is 5.13 Å². The molecule has 0 radical (unpaired) electrons. The number of Topliss-reactive ketones (excluding diaryl/α,β-unsaturated/α-hetero) is 1. The van der Waals surface area contributed by atoms with Crippen molar-refractivity contribution < 1.29 is 24.2 Å². The molecular weight excluding hydrogens is 636 g/mol. The summed E-state index contributed by atoms with van der Waals surface area (Å²) in [6.45, 7) is 6.26. The number of fused-ring (bicyclic) bond motifs is 2. The molecule has 47 heavy (non-hydrogen) atoms. The standard InChI is InChI=1S/C36H29ClN4O5S/c1-4-45-27-17-23(12-15-26(27)46-19-22-10-6-5-7-11-22)31-29(32(42)30-21(3)40-16-8-9-20(2)34(40)39-30)33(43)35(44)41(31)36-38-25-14-13-24(37)18-28(25)47-36/h5-18,31,42H,4,19H2,1-3H3/b32-29+. The second-order valence-corrected chi connectivity index (χ2v) is 12.6. The smallest absolute Gasteiger partial charge is 0.301 e. The van der Waals surface area contributed by atoms with Crippen LogP contribution in [0.5, 0.6) is 11.5 Å². The first-order valence-corrected chi connectivity index (χ1v) is 16.2. The zero-order valence-electron chi connectivity index (χ0n) is 25.7. The molecule has 0 spiro atoms. The number of anilines is 1. The minimum Gasteiger partial charge on any atom is -0.505 e. The number of imidazole rings is 1. The van der Waals surface area contributed by atoms with E-state index in [2.05, 4.69) is 0 Å². The molecule has 236 valence electrons. The van der Waals surface area contributed by atoms with E-state index in [0.717, 1.165) is 15.8 Å². The number of ether oxygens (including phenoxy) is 2. The molecule has 9 nitrogen and oxygen atoms in total. The molecule has 1 fully saturated rings. The number of hydrogen-bond acceptors (Lipinski definition) is 8. The maximum Gasteiger partial charge on any atom is 0.301 e. The number of ketones is 1. The van der Waals surface area contributed by atoms with Crippen LogP contribution in [0, 0.1) is 13.8 Å². The molecule has 0 aliphatic carbocycles. The van der Waals surface area contributed by atoms with Gasteiger partial charge in [0, 0.05) is 11.2 Å². The highest BCUT2D eigenvalue weighted by atomic mass is 35.5. The highest BCUT2D eigenvalue weighted by Crippen LogP contribution is 2.46. The number of aliphatic hydroxyl groups excluding tert-OH is 1. The number of aromatic nitrogens is 3. The third-order valence-corrected chi connectivity index (χ3v) is 9.37. The van der Waals surface area contributed by atoms with Gasteiger partial charge in [-0.3, -0.25) is 14.5 Å². The molecule has 1 aliphatic heterocycles. The molecule has 6 aromatic rings. The summed E-state index contributed by atoms with van der Waals surface area (Å²) >= 11 is 7.48. The van der Waals surface area contributed by atoms with E-state index in [1.807, 2.05) is 73.8 Å². The Morgan fingerprint density at radius 2 is 1.77 bits per heavy atom. The lowest BCUT2D eigenvalue weighted by atomic mass is 9.96. The van der Waals surface area contributed by atoms with Crippen molar-refractivity contribution in [1.82, 2.24) is 14.4 Å². The number of carbonyl (C=O) groups is 2.